The van der Waals surface area contributed by atoms with Crippen molar-refractivity contribution in [1.82, 2.24) is 0 Å². The van der Waals surface area contributed by atoms with E-state index in [0.29, 0.717) is 0 Å². The Morgan fingerprint density at radius 3 is 2.05 bits per heavy atom. The summed E-state index contributed by atoms with van der Waals surface area (Å²) in [5, 5.41) is 9.47. The molecule has 1 aromatic heterocycles. The molecule has 0 amide bonds. The van der Waals surface area contributed by atoms with E-state index in [1.807, 2.05) is 0 Å². The van der Waals surface area contributed by atoms with Crippen molar-refractivity contribution in [3.8, 4) is 0 Å². The molecule has 7 aromatic carbocycles. The molecule has 0 N–H and O–H groups in total. The normalized spacial score (nSPS) is 11.7. The van der Waals surface area contributed by atoms with Crippen molar-refractivity contribution in [3.05, 3.63) is 139 Å². The molecule has 0 aliphatic carbocycles. The van der Waals surface area contributed by atoms with Crippen LogP contribution in [-0.2, 0) is 0 Å². The first kappa shape index (κ1) is 22.0. The van der Waals surface area contributed by atoms with Crippen molar-refractivity contribution in [2.24, 2.45) is 0 Å². The molecule has 0 saturated heterocycles. The summed E-state index contributed by atoms with van der Waals surface area (Å²) in [6.07, 6.45) is 0. The highest BCUT2D eigenvalue weighted by Crippen LogP contribution is 2.46. The number of aryl methyl sites for hydroxylation is 1. The number of nitrogens with zero attached hydrogens (tertiary/aromatic N) is 1. The number of fused-ring (bicyclic) bond motifs is 7. The third-order valence-corrected chi connectivity index (χ3v) is 7.93. The molecule has 184 valence electrons. The predicted octanol–water partition coefficient (Wildman–Crippen LogP) is 10.8. The van der Waals surface area contributed by atoms with Crippen molar-refractivity contribution in [2.75, 3.05) is 4.90 Å². The Morgan fingerprint density at radius 2 is 1.18 bits per heavy atom. The number of benzene rings is 7. The van der Waals surface area contributed by atoms with Crippen molar-refractivity contribution in [1.29, 1.82) is 0 Å². The van der Waals surface area contributed by atoms with Crippen molar-refractivity contribution < 1.29 is 4.42 Å². The molecule has 0 fully saturated rings. The van der Waals surface area contributed by atoms with E-state index in [9.17, 15) is 0 Å². The minimum absolute atomic E-state index is 0.926. The van der Waals surface area contributed by atoms with Gasteiger partial charge < -0.3 is 9.32 Å². The number of rotatable bonds is 3. The van der Waals surface area contributed by atoms with Crippen molar-refractivity contribution >= 4 is 71.3 Å². The summed E-state index contributed by atoms with van der Waals surface area (Å²) >= 11 is 0. The second kappa shape index (κ2) is 8.47. The Bertz CT molecular complexity index is 2200. The topological polar surface area (TPSA) is 16.4 Å². The lowest BCUT2D eigenvalue weighted by atomic mass is 9.99. The third kappa shape index (κ3) is 3.35. The summed E-state index contributed by atoms with van der Waals surface area (Å²) in [7, 11) is 0. The Labute approximate surface area is 226 Å². The van der Waals surface area contributed by atoms with E-state index in [1.165, 1.54) is 32.5 Å². The maximum Gasteiger partial charge on any atom is 0.143 e. The van der Waals surface area contributed by atoms with Gasteiger partial charge in [-0.25, -0.2) is 0 Å². The van der Waals surface area contributed by atoms with Gasteiger partial charge in [-0.15, -0.1) is 0 Å². The molecular formula is C37H25NO. The van der Waals surface area contributed by atoms with Crippen LogP contribution in [0.15, 0.2) is 138 Å². The zero-order valence-electron chi connectivity index (χ0n) is 21.6. The molecule has 2 nitrogen and oxygen atoms in total. The van der Waals surface area contributed by atoms with E-state index in [4.69, 9.17) is 4.42 Å². The van der Waals surface area contributed by atoms with E-state index < -0.39 is 0 Å². The van der Waals surface area contributed by atoms with Crippen LogP contribution in [0.1, 0.15) is 5.56 Å². The van der Waals surface area contributed by atoms with Gasteiger partial charge in [0.15, 0.2) is 0 Å². The van der Waals surface area contributed by atoms with E-state index in [1.54, 1.807) is 0 Å². The van der Waals surface area contributed by atoms with Crippen LogP contribution in [0.3, 0.4) is 0 Å². The van der Waals surface area contributed by atoms with E-state index in [2.05, 4.69) is 145 Å². The molecule has 0 aliphatic rings. The number of furan rings is 1. The lowest BCUT2D eigenvalue weighted by molar-refractivity contribution is 0.672. The van der Waals surface area contributed by atoms with Crippen LogP contribution in [0.5, 0.6) is 0 Å². The molecule has 0 atom stereocenters. The van der Waals surface area contributed by atoms with Gasteiger partial charge in [0.25, 0.3) is 0 Å². The third-order valence-electron chi connectivity index (χ3n) is 7.93. The van der Waals surface area contributed by atoms with Gasteiger partial charge in [0, 0.05) is 32.6 Å². The van der Waals surface area contributed by atoms with Crippen molar-refractivity contribution in [3.63, 3.8) is 0 Å². The molecule has 8 aromatic rings. The van der Waals surface area contributed by atoms with Gasteiger partial charge in [0.05, 0.1) is 11.4 Å². The fourth-order valence-corrected chi connectivity index (χ4v) is 6.12. The standard InChI is InChI=1S/C37H25NO/c1-24-10-8-19-35-36(24)32-23-34(30-16-6-7-17-31(30)37(32)39-35)38(28-21-20-25-11-2-3-13-27(25)22-28)33-18-9-14-26-12-4-5-15-29(26)33/h2-23H,1H3. The van der Waals surface area contributed by atoms with Gasteiger partial charge in [-0.3, -0.25) is 0 Å². The Balaban J connectivity index is 1.53. The average molecular weight is 500 g/mol. The van der Waals surface area contributed by atoms with Crippen LogP contribution in [0.25, 0.3) is 54.3 Å². The summed E-state index contributed by atoms with van der Waals surface area (Å²) < 4.78 is 6.50. The zero-order chi connectivity index (χ0) is 25.9. The van der Waals surface area contributed by atoms with Crippen LogP contribution < -0.4 is 4.90 Å². The maximum absolute atomic E-state index is 6.50. The summed E-state index contributed by atoms with van der Waals surface area (Å²) in [6, 6.07) is 47.8. The van der Waals surface area contributed by atoms with E-state index >= 15 is 0 Å². The largest absolute Gasteiger partial charge is 0.455 e. The SMILES string of the molecule is Cc1cccc2oc3c4ccccc4c(N(c4ccc5ccccc5c4)c4cccc5ccccc45)cc3c12. The van der Waals surface area contributed by atoms with Gasteiger partial charge in [0.2, 0.25) is 0 Å². The first-order chi connectivity index (χ1) is 19.3. The highest BCUT2D eigenvalue weighted by atomic mass is 16.3. The molecule has 0 spiro atoms. The average Bonchev–Trinajstić information content (AvgIpc) is 3.37. The number of hydrogen-bond acceptors (Lipinski definition) is 2. The molecule has 1 heterocycles. The summed E-state index contributed by atoms with van der Waals surface area (Å²) in [5.41, 5.74) is 6.49. The molecule has 0 aliphatic heterocycles. The van der Waals surface area contributed by atoms with Crippen LogP contribution in [0.2, 0.25) is 0 Å². The molecule has 0 bridgehead atoms. The first-order valence-corrected chi connectivity index (χ1v) is 13.4. The molecule has 0 saturated carbocycles. The predicted molar refractivity (Wildman–Crippen MR) is 166 cm³/mol. The molecule has 8 rings (SSSR count). The quantitative estimate of drug-likeness (QED) is 0.240. The molecule has 2 heteroatoms. The summed E-state index contributed by atoms with van der Waals surface area (Å²) in [4.78, 5) is 2.42. The lowest BCUT2D eigenvalue weighted by Crippen LogP contribution is -2.11. The minimum atomic E-state index is 0.926. The highest BCUT2D eigenvalue weighted by Gasteiger charge is 2.22. The number of hydrogen-bond donors (Lipinski definition) is 0. The Morgan fingerprint density at radius 1 is 0.487 bits per heavy atom. The van der Waals surface area contributed by atoms with Crippen LogP contribution in [0, 0.1) is 6.92 Å². The van der Waals surface area contributed by atoms with Gasteiger partial charge in [-0.2, -0.15) is 0 Å². The molecule has 0 radical (unpaired) electrons. The summed E-state index contributed by atoms with van der Waals surface area (Å²) in [6.45, 7) is 2.16. The molecular weight excluding hydrogens is 474 g/mol. The van der Waals surface area contributed by atoms with Gasteiger partial charge >= 0.3 is 0 Å². The minimum Gasteiger partial charge on any atom is -0.455 e. The van der Waals surface area contributed by atoms with Crippen LogP contribution in [0.4, 0.5) is 17.1 Å². The van der Waals surface area contributed by atoms with E-state index in [0.717, 1.165) is 44.4 Å². The van der Waals surface area contributed by atoms with Crippen LogP contribution in [-0.4, -0.2) is 0 Å². The fourth-order valence-electron chi connectivity index (χ4n) is 6.12. The second-order valence-electron chi connectivity index (χ2n) is 10.2. The smallest absolute Gasteiger partial charge is 0.143 e. The zero-order valence-corrected chi connectivity index (χ0v) is 21.6. The second-order valence-corrected chi connectivity index (χ2v) is 10.2. The molecule has 39 heavy (non-hydrogen) atoms. The van der Waals surface area contributed by atoms with Crippen LogP contribution >= 0.6 is 0 Å². The first-order valence-electron chi connectivity index (χ1n) is 13.4. The molecule has 0 unspecified atom stereocenters. The monoisotopic (exact) mass is 499 g/mol. The maximum atomic E-state index is 6.50. The van der Waals surface area contributed by atoms with Gasteiger partial charge in [0.1, 0.15) is 11.2 Å². The Hall–Kier alpha value is -5.08. The Kier molecular flexibility index (Phi) is 4.77. The highest BCUT2D eigenvalue weighted by molar-refractivity contribution is 6.21. The van der Waals surface area contributed by atoms with E-state index in [-0.39, 0.29) is 0 Å². The number of anilines is 3. The summed E-state index contributed by atoms with van der Waals surface area (Å²) in [5.74, 6) is 0. The van der Waals surface area contributed by atoms with Crippen molar-refractivity contribution in [2.45, 2.75) is 6.92 Å². The van der Waals surface area contributed by atoms with Gasteiger partial charge in [-0.1, -0.05) is 103 Å². The fraction of sp³-hybridized carbons (Fsp3) is 0.0270. The lowest BCUT2D eigenvalue weighted by Gasteiger charge is -2.28. The van der Waals surface area contributed by atoms with Gasteiger partial charge in [-0.05, 0) is 59.0 Å².